The van der Waals surface area contributed by atoms with Crippen LogP contribution in [0.3, 0.4) is 0 Å². The molecule has 2 rings (SSSR count). The molecule has 0 aliphatic carbocycles. The molecule has 1 aromatic rings. The van der Waals surface area contributed by atoms with Crippen molar-refractivity contribution in [3.63, 3.8) is 0 Å². The summed E-state index contributed by atoms with van der Waals surface area (Å²) >= 11 is 0. The normalized spacial score (nSPS) is 32.3. The van der Waals surface area contributed by atoms with Gasteiger partial charge in [0.25, 0.3) is 0 Å². The van der Waals surface area contributed by atoms with E-state index in [4.69, 9.17) is 4.74 Å². The summed E-state index contributed by atoms with van der Waals surface area (Å²) in [5, 5.41) is 3.55. The van der Waals surface area contributed by atoms with Crippen LogP contribution in [0.2, 0.25) is 0 Å². The third-order valence-corrected chi connectivity index (χ3v) is 3.23. The van der Waals surface area contributed by atoms with E-state index in [1.54, 1.807) is 0 Å². The number of ether oxygens (including phenoxy) is 1. The van der Waals surface area contributed by atoms with Gasteiger partial charge < -0.3 is 15.0 Å². The molecule has 1 fully saturated rings. The fraction of sp³-hybridized carbons (Fsp3) is 0.636. The van der Waals surface area contributed by atoms with Crippen LogP contribution in [-0.4, -0.2) is 23.2 Å². The molecule has 0 aromatic carbocycles. The average Bonchev–Trinajstić information content (AvgIpc) is 2.75. The highest BCUT2D eigenvalue weighted by molar-refractivity contribution is 5.05. The van der Waals surface area contributed by atoms with Crippen molar-refractivity contribution >= 4 is 0 Å². The molecule has 2 unspecified atom stereocenters. The predicted molar refractivity (Wildman–Crippen MR) is 56.1 cm³/mol. The van der Waals surface area contributed by atoms with Crippen molar-refractivity contribution in [3.8, 4) is 0 Å². The lowest BCUT2D eigenvalue weighted by molar-refractivity contribution is 0.0880. The van der Waals surface area contributed by atoms with Gasteiger partial charge in [-0.05, 0) is 32.4 Å². The van der Waals surface area contributed by atoms with Crippen LogP contribution in [0.5, 0.6) is 0 Å². The smallest absolute Gasteiger partial charge is 0.0726 e. The van der Waals surface area contributed by atoms with Crippen molar-refractivity contribution in [2.24, 2.45) is 0 Å². The van der Waals surface area contributed by atoms with Gasteiger partial charge in [-0.2, -0.15) is 0 Å². The average molecular weight is 194 g/mol. The number of hydrogen-bond donors (Lipinski definition) is 2. The Balaban J connectivity index is 1.91. The largest absolute Gasteiger partial charge is 0.377 e. The highest BCUT2D eigenvalue weighted by Crippen LogP contribution is 2.25. The van der Waals surface area contributed by atoms with Gasteiger partial charge in [-0.1, -0.05) is 0 Å². The van der Waals surface area contributed by atoms with Gasteiger partial charge in [0.05, 0.1) is 6.10 Å². The molecule has 14 heavy (non-hydrogen) atoms. The van der Waals surface area contributed by atoms with Gasteiger partial charge in [0.1, 0.15) is 0 Å². The van der Waals surface area contributed by atoms with E-state index in [2.05, 4.69) is 30.2 Å². The van der Waals surface area contributed by atoms with Crippen LogP contribution in [0.1, 0.15) is 26.0 Å². The topological polar surface area (TPSA) is 37.0 Å². The number of nitrogens with one attached hydrogen (secondary N) is 2. The maximum Gasteiger partial charge on any atom is 0.0726 e. The first kappa shape index (κ1) is 9.74. The lowest BCUT2D eigenvalue weighted by Crippen LogP contribution is -2.47. The third kappa shape index (κ3) is 1.83. The second-order valence-electron chi connectivity index (χ2n) is 4.23. The predicted octanol–water partition coefficient (Wildman–Crippen LogP) is 1.67. The summed E-state index contributed by atoms with van der Waals surface area (Å²) in [7, 11) is 0. The molecule has 0 amide bonds. The highest BCUT2D eigenvalue weighted by Gasteiger charge is 2.36. The quantitative estimate of drug-likeness (QED) is 0.768. The monoisotopic (exact) mass is 194 g/mol. The van der Waals surface area contributed by atoms with Crippen LogP contribution in [0.4, 0.5) is 0 Å². The van der Waals surface area contributed by atoms with Crippen LogP contribution in [0, 0.1) is 0 Å². The summed E-state index contributed by atoms with van der Waals surface area (Å²) in [5.41, 5.74) is 1.36. The molecule has 3 nitrogen and oxygen atoms in total. The summed E-state index contributed by atoms with van der Waals surface area (Å²) in [5.74, 6) is 0. The molecule has 2 N–H and O–H groups in total. The van der Waals surface area contributed by atoms with Gasteiger partial charge in [-0.3, -0.25) is 0 Å². The second-order valence-corrected chi connectivity index (χ2v) is 4.23. The molecule has 0 spiro atoms. The zero-order valence-corrected chi connectivity index (χ0v) is 8.84. The molecule has 2 atom stereocenters. The van der Waals surface area contributed by atoms with Crippen molar-refractivity contribution in [1.82, 2.24) is 10.3 Å². The zero-order chi connectivity index (χ0) is 10.0. The molecule has 1 saturated heterocycles. The van der Waals surface area contributed by atoms with E-state index in [0.717, 1.165) is 19.6 Å². The number of H-pyrrole nitrogens is 1. The Morgan fingerprint density at radius 1 is 1.71 bits per heavy atom. The van der Waals surface area contributed by atoms with Gasteiger partial charge in [0, 0.05) is 30.6 Å². The van der Waals surface area contributed by atoms with E-state index >= 15 is 0 Å². The van der Waals surface area contributed by atoms with Crippen LogP contribution >= 0.6 is 0 Å². The summed E-state index contributed by atoms with van der Waals surface area (Å²) in [6, 6.07) is 4.12. The molecule has 1 aromatic heterocycles. The Labute approximate surface area is 84.9 Å². The number of aromatic amines is 1. The SMILES string of the molecule is CC1OCCC1(C)NCc1ccc[nH]1. The first-order chi connectivity index (χ1) is 6.71. The molecule has 0 saturated carbocycles. The minimum absolute atomic E-state index is 0.130. The van der Waals surface area contributed by atoms with E-state index < -0.39 is 0 Å². The van der Waals surface area contributed by atoms with Gasteiger partial charge >= 0.3 is 0 Å². The minimum Gasteiger partial charge on any atom is -0.377 e. The molecule has 1 aliphatic heterocycles. The molecule has 1 aliphatic rings. The van der Waals surface area contributed by atoms with E-state index in [-0.39, 0.29) is 5.54 Å². The number of aromatic nitrogens is 1. The molecule has 0 radical (unpaired) electrons. The Morgan fingerprint density at radius 2 is 2.57 bits per heavy atom. The van der Waals surface area contributed by atoms with Gasteiger partial charge in [-0.15, -0.1) is 0 Å². The Hall–Kier alpha value is -0.800. The first-order valence-electron chi connectivity index (χ1n) is 5.20. The van der Waals surface area contributed by atoms with Crippen LogP contribution in [0.25, 0.3) is 0 Å². The van der Waals surface area contributed by atoms with Gasteiger partial charge in [0.2, 0.25) is 0 Å². The summed E-state index contributed by atoms with van der Waals surface area (Å²) in [6.45, 7) is 6.12. The summed E-state index contributed by atoms with van der Waals surface area (Å²) < 4.78 is 5.57. The van der Waals surface area contributed by atoms with Crippen molar-refractivity contribution in [3.05, 3.63) is 24.0 Å². The highest BCUT2D eigenvalue weighted by atomic mass is 16.5. The zero-order valence-electron chi connectivity index (χ0n) is 8.84. The van der Waals surface area contributed by atoms with Crippen LogP contribution in [0.15, 0.2) is 18.3 Å². The first-order valence-corrected chi connectivity index (χ1v) is 5.20. The molecule has 0 bridgehead atoms. The third-order valence-electron chi connectivity index (χ3n) is 3.23. The molecular weight excluding hydrogens is 176 g/mol. The number of rotatable bonds is 3. The standard InChI is InChI=1S/C11H18N2O/c1-9-11(2,5-7-14-9)13-8-10-4-3-6-12-10/h3-4,6,9,12-13H,5,7-8H2,1-2H3. The van der Waals surface area contributed by atoms with Crippen LogP contribution < -0.4 is 5.32 Å². The Bertz CT molecular complexity index is 283. The molecule has 3 heteroatoms. The number of hydrogen-bond acceptors (Lipinski definition) is 2. The second kappa shape index (κ2) is 3.75. The Kier molecular flexibility index (Phi) is 2.61. The molecule has 78 valence electrons. The maximum absolute atomic E-state index is 5.57. The van der Waals surface area contributed by atoms with Gasteiger partial charge in [0.15, 0.2) is 0 Å². The Morgan fingerprint density at radius 3 is 3.14 bits per heavy atom. The van der Waals surface area contributed by atoms with Crippen molar-refractivity contribution in [2.45, 2.75) is 38.5 Å². The molecular formula is C11H18N2O. The van der Waals surface area contributed by atoms with Crippen molar-refractivity contribution < 1.29 is 4.74 Å². The van der Waals surface area contributed by atoms with Crippen LogP contribution in [-0.2, 0) is 11.3 Å². The van der Waals surface area contributed by atoms with E-state index in [1.165, 1.54) is 5.69 Å². The van der Waals surface area contributed by atoms with Crippen molar-refractivity contribution in [2.75, 3.05) is 6.61 Å². The lowest BCUT2D eigenvalue weighted by atomic mass is 9.95. The van der Waals surface area contributed by atoms with E-state index in [9.17, 15) is 0 Å². The van der Waals surface area contributed by atoms with E-state index in [0.29, 0.717) is 6.10 Å². The van der Waals surface area contributed by atoms with Gasteiger partial charge in [-0.25, -0.2) is 0 Å². The van der Waals surface area contributed by atoms with E-state index in [1.807, 2.05) is 12.3 Å². The minimum atomic E-state index is 0.130. The fourth-order valence-electron chi connectivity index (χ4n) is 1.84. The lowest BCUT2D eigenvalue weighted by Gasteiger charge is -2.28. The molecule has 2 heterocycles. The maximum atomic E-state index is 5.57. The summed E-state index contributed by atoms with van der Waals surface area (Å²) in [4.78, 5) is 3.19. The summed E-state index contributed by atoms with van der Waals surface area (Å²) in [6.07, 6.45) is 3.35. The fourth-order valence-corrected chi connectivity index (χ4v) is 1.84. The van der Waals surface area contributed by atoms with Crippen molar-refractivity contribution in [1.29, 1.82) is 0 Å².